The van der Waals surface area contributed by atoms with Gasteiger partial charge in [-0.15, -0.1) is 0 Å². The average Bonchev–Trinajstić information content (AvgIpc) is 3.12. The van der Waals surface area contributed by atoms with E-state index < -0.39 is 31.8 Å². The van der Waals surface area contributed by atoms with Crippen LogP contribution in [-0.2, 0) is 14.2 Å². The Balaban J connectivity index is -0.000000271. The van der Waals surface area contributed by atoms with Gasteiger partial charge in [-0.3, -0.25) is 0 Å². The minimum atomic E-state index is -1.11. The second-order valence-corrected chi connectivity index (χ2v) is 13.3. The molecule has 7 heteroatoms. The van der Waals surface area contributed by atoms with E-state index in [-0.39, 0.29) is 0 Å². The van der Waals surface area contributed by atoms with Crippen LogP contribution in [0.25, 0.3) is 0 Å². The number of unbranched alkanes of at least 4 members (excludes halogenated alkanes) is 18. The lowest BCUT2D eigenvalue weighted by Gasteiger charge is -2.23. The van der Waals surface area contributed by atoms with Gasteiger partial charge >= 0.3 is 0 Å². The van der Waals surface area contributed by atoms with Gasteiger partial charge in [0.2, 0.25) is 0 Å². The lowest BCUT2D eigenvalue weighted by molar-refractivity contribution is -0.0328. The van der Waals surface area contributed by atoms with Crippen molar-refractivity contribution >= 4 is 0 Å². The van der Waals surface area contributed by atoms with Crippen molar-refractivity contribution in [2.24, 2.45) is 5.41 Å². The molecule has 48 heavy (non-hydrogen) atoms. The fraction of sp³-hybridized carbons (Fsp3) is 1.00. The van der Waals surface area contributed by atoms with Crippen molar-refractivity contribution in [2.45, 2.75) is 196 Å². The third-order valence-electron chi connectivity index (χ3n) is 8.20. The van der Waals surface area contributed by atoms with Crippen LogP contribution in [-0.4, -0.2) is 86.5 Å². The van der Waals surface area contributed by atoms with E-state index in [2.05, 4.69) is 41.5 Å². The van der Waals surface area contributed by atoms with E-state index in [4.69, 9.17) is 34.6 Å². The summed E-state index contributed by atoms with van der Waals surface area (Å²) in [7, 11) is 0. The fourth-order valence-electron chi connectivity index (χ4n) is 4.39. The molecule has 0 aliphatic heterocycles. The highest BCUT2D eigenvalue weighted by molar-refractivity contribution is 4.75. The highest BCUT2D eigenvalue weighted by Crippen LogP contribution is 2.12. The first-order chi connectivity index (χ1) is 23.5. The van der Waals surface area contributed by atoms with Gasteiger partial charge in [0.15, 0.2) is 0 Å². The first-order valence-corrected chi connectivity index (χ1v) is 20.7. The van der Waals surface area contributed by atoms with E-state index in [0.29, 0.717) is 0 Å². The van der Waals surface area contributed by atoms with Gasteiger partial charge in [0, 0.05) is 39.6 Å². The van der Waals surface area contributed by atoms with Gasteiger partial charge in [-0.2, -0.15) is 0 Å². The molecule has 4 N–H and O–H groups in total. The zero-order valence-corrected chi connectivity index (χ0v) is 33.6. The Labute approximate surface area is 301 Å². The highest BCUT2D eigenvalue weighted by atomic mass is 16.5. The van der Waals surface area contributed by atoms with Gasteiger partial charge < -0.3 is 34.6 Å². The van der Waals surface area contributed by atoms with Crippen molar-refractivity contribution in [1.82, 2.24) is 0 Å². The van der Waals surface area contributed by atoms with E-state index in [0.717, 1.165) is 39.6 Å². The summed E-state index contributed by atoms with van der Waals surface area (Å²) >= 11 is 0. The molecular weight excluding hydrogens is 604 g/mol. The summed E-state index contributed by atoms with van der Waals surface area (Å²) in [5, 5.41) is 34.0. The summed E-state index contributed by atoms with van der Waals surface area (Å²) in [6.45, 7) is 17.7. The summed E-state index contributed by atoms with van der Waals surface area (Å²) in [5.74, 6) is 0. The normalized spacial score (nSPS) is 10.9. The van der Waals surface area contributed by atoms with Gasteiger partial charge in [-0.1, -0.05) is 157 Å². The van der Waals surface area contributed by atoms with Crippen LogP contribution in [0.5, 0.6) is 0 Å². The van der Waals surface area contributed by atoms with Crippen LogP contribution >= 0.6 is 0 Å². The summed E-state index contributed by atoms with van der Waals surface area (Å²) in [4.78, 5) is 0. The molecule has 0 heterocycles. The zero-order chi connectivity index (χ0) is 36.7. The molecule has 0 rings (SSSR count). The molecule has 296 valence electrons. The Morgan fingerprint density at radius 3 is 0.542 bits per heavy atom. The first-order valence-electron chi connectivity index (χ1n) is 20.7. The molecule has 0 aromatic rings. The molecule has 0 unspecified atom stereocenters. The molecule has 0 aromatic carbocycles. The standard InChI is InChI=1S/3C12H26O.C5H12O4/c3*1-3-5-7-9-11-13-12-10-8-6-4-2;6-1-5(2-7,3-8)4-9/h3*3-12H2,1-2H3;6-9H,1-4H2. The molecule has 0 bridgehead atoms. The maximum Gasteiger partial charge on any atom is 0.0627 e. The number of rotatable bonds is 34. The molecule has 0 spiro atoms. The largest absolute Gasteiger partial charge is 0.396 e. The van der Waals surface area contributed by atoms with Gasteiger partial charge in [0.05, 0.1) is 31.8 Å². The maximum atomic E-state index is 8.50. The lowest BCUT2D eigenvalue weighted by atomic mass is 9.93. The van der Waals surface area contributed by atoms with Crippen molar-refractivity contribution in [2.75, 3.05) is 66.1 Å². The Morgan fingerprint density at radius 1 is 0.271 bits per heavy atom. The summed E-state index contributed by atoms with van der Waals surface area (Å²) < 4.78 is 16.6. The summed E-state index contributed by atoms with van der Waals surface area (Å²) in [5.41, 5.74) is -1.11. The van der Waals surface area contributed by atoms with Crippen molar-refractivity contribution < 1.29 is 34.6 Å². The molecule has 0 atom stereocenters. The molecule has 0 aliphatic rings. The average molecular weight is 695 g/mol. The topological polar surface area (TPSA) is 109 Å². The Hall–Kier alpha value is -0.280. The van der Waals surface area contributed by atoms with Gasteiger partial charge in [-0.25, -0.2) is 0 Å². The van der Waals surface area contributed by atoms with Gasteiger partial charge in [-0.05, 0) is 38.5 Å². The monoisotopic (exact) mass is 695 g/mol. The van der Waals surface area contributed by atoms with Crippen LogP contribution in [0.2, 0.25) is 0 Å². The predicted molar refractivity (Wildman–Crippen MR) is 208 cm³/mol. The number of hydrogen-bond acceptors (Lipinski definition) is 7. The second kappa shape index (κ2) is 53.5. The van der Waals surface area contributed by atoms with E-state index >= 15 is 0 Å². The molecule has 0 aliphatic carbocycles. The third-order valence-corrected chi connectivity index (χ3v) is 8.20. The van der Waals surface area contributed by atoms with E-state index in [1.807, 2.05) is 0 Å². The molecule has 0 radical (unpaired) electrons. The van der Waals surface area contributed by atoms with Crippen LogP contribution in [0.3, 0.4) is 0 Å². The molecule has 7 nitrogen and oxygen atoms in total. The number of hydrogen-bond donors (Lipinski definition) is 4. The number of aliphatic hydroxyl groups excluding tert-OH is 4. The fourth-order valence-corrected chi connectivity index (χ4v) is 4.39. The van der Waals surface area contributed by atoms with Gasteiger partial charge in [0.25, 0.3) is 0 Å². The Kier molecular flexibility index (Phi) is 60.8. The molecule has 0 fully saturated rings. The number of ether oxygens (including phenoxy) is 3. The smallest absolute Gasteiger partial charge is 0.0627 e. The summed E-state index contributed by atoms with van der Waals surface area (Å²) in [6, 6.07) is 0. The SMILES string of the molecule is CCCCCCOCCCCCC.CCCCCCOCCCCCC.CCCCCCOCCCCCC.OCC(CO)(CO)CO. The molecule has 0 saturated carbocycles. The lowest BCUT2D eigenvalue weighted by Crippen LogP contribution is -2.37. The minimum Gasteiger partial charge on any atom is -0.396 e. The second-order valence-electron chi connectivity index (χ2n) is 13.3. The molecule has 0 amide bonds. The van der Waals surface area contributed by atoms with E-state index in [9.17, 15) is 0 Å². The van der Waals surface area contributed by atoms with Crippen molar-refractivity contribution in [3.63, 3.8) is 0 Å². The first kappa shape index (κ1) is 54.5. The van der Waals surface area contributed by atoms with Crippen molar-refractivity contribution in [3.05, 3.63) is 0 Å². The predicted octanol–water partition coefficient (Wildman–Crippen LogP) is 10.4. The minimum absolute atomic E-state index is 0.406. The Bertz CT molecular complexity index is 390. The quantitative estimate of drug-likeness (QED) is 0.0497. The van der Waals surface area contributed by atoms with E-state index in [1.54, 1.807) is 0 Å². The summed E-state index contributed by atoms with van der Waals surface area (Å²) in [6.07, 6.45) is 31.6. The van der Waals surface area contributed by atoms with Crippen molar-refractivity contribution in [3.8, 4) is 0 Å². The number of aliphatic hydroxyl groups is 4. The molecule has 0 aromatic heterocycles. The van der Waals surface area contributed by atoms with Crippen molar-refractivity contribution in [1.29, 1.82) is 0 Å². The van der Waals surface area contributed by atoms with Crippen LogP contribution in [0.1, 0.15) is 196 Å². The van der Waals surface area contributed by atoms with E-state index in [1.165, 1.54) is 154 Å². The zero-order valence-electron chi connectivity index (χ0n) is 33.6. The van der Waals surface area contributed by atoms with Gasteiger partial charge in [0.1, 0.15) is 0 Å². The van der Waals surface area contributed by atoms with Crippen LogP contribution < -0.4 is 0 Å². The third kappa shape index (κ3) is 52.5. The van der Waals surface area contributed by atoms with Crippen LogP contribution in [0.15, 0.2) is 0 Å². The Morgan fingerprint density at radius 2 is 0.438 bits per heavy atom. The molecule has 0 saturated heterocycles. The van der Waals surface area contributed by atoms with Crippen LogP contribution in [0, 0.1) is 5.41 Å². The molecular formula is C41H90O7. The highest BCUT2D eigenvalue weighted by Gasteiger charge is 2.26. The maximum absolute atomic E-state index is 8.50. The van der Waals surface area contributed by atoms with Crippen LogP contribution in [0.4, 0.5) is 0 Å².